The highest BCUT2D eigenvalue weighted by Gasteiger charge is 2.42. The molecule has 1 saturated heterocycles. The molecule has 1 N–H and O–H groups in total. The standard InChI is InChI=1S/C23H25FN2OS/c1-16-7-5-6-10-20(16)26-22(27)21(15-17-11-13-18(24)14-12-17)28-23(26)25-19-8-3-2-4-9-19/h2-4,8-9,11-16,20,23,25H,5-7,10H2,1H3/b21-15-/t16-,20-,23?/m0/s1. The van der Waals surface area contributed by atoms with Crippen molar-refractivity contribution in [2.24, 2.45) is 5.92 Å². The molecule has 4 rings (SSSR count). The van der Waals surface area contributed by atoms with E-state index in [0.717, 1.165) is 24.1 Å². The van der Waals surface area contributed by atoms with Crippen molar-refractivity contribution in [2.75, 3.05) is 5.32 Å². The Balaban J connectivity index is 1.63. The Morgan fingerprint density at radius 1 is 1.07 bits per heavy atom. The second-order valence-corrected chi connectivity index (χ2v) is 8.70. The number of halogens is 1. The molecular weight excluding hydrogens is 371 g/mol. The number of carbonyl (C=O) groups excluding carboxylic acids is 1. The number of hydrogen-bond donors (Lipinski definition) is 1. The quantitative estimate of drug-likeness (QED) is 0.671. The number of amides is 1. The van der Waals surface area contributed by atoms with Crippen LogP contribution in [0.15, 0.2) is 59.5 Å². The summed E-state index contributed by atoms with van der Waals surface area (Å²) in [5.41, 5.74) is 1.71. The molecule has 1 aliphatic heterocycles. The van der Waals surface area contributed by atoms with Crippen LogP contribution >= 0.6 is 11.8 Å². The lowest BCUT2D eigenvalue weighted by Crippen LogP contribution is -2.48. The lowest BCUT2D eigenvalue weighted by atomic mass is 9.85. The molecule has 3 nitrogen and oxygen atoms in total. The Labute approximate surface area is 170 Å². The Hall–Kier alpha value is -2.27. The number of rotatable bonds is 4. The molecule has 0 spiro atoms. The molecule has 5 heteroatoms. The molecule has 0 radical (unpaired) electrons. The number of anilines is 1. The summed E-state index contributed by atoms with van der Waals surface area (Å²) in [6, 6.07) is 16.5. The Morgan fingerprint density at radius 3 is 2.50 bits per heavy atom. The molecule has 1 unspecified atom stereocenters. The van der Waals surface area contributed by atoms with Gasteiger partial charge in [0.05, 0.1) is 4.91 Å². The van der Waals surface area contributed by atoms with Crippen LogP contribution in [-0.2, 0) is 4.79 Å². The molecule has 1 saturated carbocycles. The summed E-state index contributed by atoms with van der Waals surface area (Å²) in [4.78, 5) is 16.1. The van der Waals surface area contributed by atoms with Crippen LogP contribution in [0, 0.1) is 11.7 Å². The highest BCUT2D eigenvalue weighted by Crippen LogP contribution is 2.42. The first-order valence-corrected chi connectivity index (χ1v) is 10.8. The van der Waals surface area contributed by atoms with Crippen molar-refractivity contribution in [1.82, 2.24) is 4.90 Å². The summed E-state index contributed by atoms with van der Waals surface area (Å²) in [5.74, 6) is 0.291. The molecule has 2 aliphatic rings. The first-order valence-electron chi connectivity index (χ1n) is 9.90. The van der Waals surface area contributed by atoms with Crippen LogP contribution in [-0.4, -0.2) is 22.3 Å². The fraction of sp³-hybridized carbons (Fsp3) is 0.348. The van der Waals surface area contributed by atoms with E-state index < -0.39 is 0 Å². The fourth-order valence-corrected chi connectivity index (χ4v) is 5.29. The van der Waals surface area contributed by atoms with Gasteiger partial charge in [0.2, 0.25) is 0 Å². The topological polar surface area (TPSA) is 32.3 Å². The van der Waals surface area contributed by atoms with E-state index in [1.54, 1.807) is 23.9 Å². The molecule has 2 fully saturated rings. The number of nitrogens with zero attached hydrogens (tertiary/aromatic N) is 1. The molecule has 2 aromatic rings. The van der Waals surface area contributed by atoms with Crippen molar-refractivity contribution < 1.29 is 9.18 Å². The number of carbonyl (C=O) groups is 1. The number of nitrogens with one attached hydrogen (secondary N) is 1. The second kappa shape index (κ2) is 8.39. The third-order valence-electron chi connectivity index (χ3n) is 5.59. The monoisotopic (exact) mass is 396 g/mol. The van der Waals surface area contributed by atoms with Crippen molar-refractivity contribution in [3.05, 3.63) is 70.9 Å². The van der Waals surface area contributed by atoms with E-state index in [2.05, 4.69) is 12.2 Å². The summed E-state index contributed by atoms with van der Waals surface area (Å²) in [6.45, 7) is 2.25. The first-order chi connectivity index (χ1) is 13.6. The summed E-state index contributed by atoms with van der Waals surface area (Å²) in [6.07, 6.45) is 6.48. The van der Waals surface area contributed by atoms with Gasteiger partial charge in [-0.3, -0.25) is 4.79 Å². The van der Waals surface area contributed by atoms with E-state index in [-0.39, 0.29) is 23.3 Å². The number of para-hydroxylation sites is 1. The van der Waals surface area contributed by atoms with E-state index in [4.69, 9.17) is 0 Å². The maximum absolute atomic E-state index is 13.3. The SMILES string of the molecule is C[C@H]1CCCC[C@@H]1N1C(=O)/C(=C/c2ccc(F)cc2)SC1Nc1ccccc1. The number of hydrogen-bond acceptors (Lipinski definition) is 3. The maximum atomic E-state index is 13.3. The third-order valence-corrected chi connectivity index (χ3v) is 6.71. The van der Waals surface area contributed by atoms with Crippen LogP contribution in [0.25, 0.3) is 6.08 Å². The van der Waals surface area contributed by atoms with Gasteiger partial charge < -0.3 is 10.2 Å². The smallest absolute Gasteiger partial charge is 0.262 e. The van der Waals surface area contributed by atoms with Crippen LogP contribution in [0.1, 0.15) is 38.2 Å². The van der Waals surface area contributed by atoms with E-state index in [0.29, 0.717) is 10.8 Å². The minimum Gasteiger partial charge on any atom is -0.356 e. The van der Waals surface area contributed by atoms with Crippen molar-refractivity contribution in [3.8, 4) is 0 Å². The molecular formula is C23H25FN2OS. The molecule has 1 heterocycles. The zero-order valence-electron chi connectivity index (χ0n) is 16.0. The van der Waals surface area contributed by atoms with Gasteiger partial charge in [-0.2, -0.15) is 0 Å². The normalized spacial score (nSPS) is 26.6. The molecule has 1 aliphatic carbocycles. The largest absolute Gasteiger partial charge is 0.356 e. The van der Waals surface area contributed by atoms with Crippen LogP contribution < -0.4 is 5.32 Å². The van der Waals surface area contributed by atoms with E-state index >= 15 is 0 Å². The molecule has 1 amide bonds. The fourth-order valence-electron chi connectivity index (χ4n) is 4.08. The van der Waals surface area contributed by atoms with Crippen molar-refractivity contribution >= 4 is 29.4 Å². The molecule has 3 atom stereocenters. The number of thioether (sulfide) groups is 1. The molecule has 28 heavy (non-hydrogen) atoms. The molecule has 0 aromatic heterocycles. The van der Waals surface area contributed by atoms with Gasteiger partial charge in [0.25, 0.3) is 5.91 Å². The molecule has 146 valence electrons. The Kier molecular flexibility index (Phi) is 5.72. The van der Waals surface area contributed by atoms with Gasteiger partial charge in [-0.25, -0.2) is 4.39 Å². The van der Waals surface area contributed by atoms with E-state index in [9.17, 15) is 9.18 Å². The van der Waals surface area contributed by atoms with Gasteiger partial charge in [-0.15, -0.1) is 0 Å². The van der Waals surface area contributed by atoms with Gasteiger partial charge in [0, 0.05) is 11.7 Å². The maximum Gasteiger partial charge on any atom is 0.262 e. The second-order valence-electron chi connectivity index (χ2n) is 7.58. The average molecular weight is 397 g/mol. The van der Waals surface area contributed by atoms with Gasteiger partial charge in [0.15, 0.2) is 5.50 Å². The van der Waals surface area contributed by atoms with Crippen molar-refractivity contribution in [3.63, 3.8) is 0 Å². The van der Waals surface area contributed by atoms with Crippen molar-refractivity contribution in [1.29, 1.82) is 0 Å². The highest BCUT2D eigenvalue weighted by atomic mass is 32.2. The lowest BCUT2D eigenvalue weighted by molar-refractivity contribution is -0.129. The van der Waals surface area contributed by atoms with Gasteiger partial charge in [-0.1, -0.05) is 61.9 Å². The Bertz CT molecular complexity index is 853. The minimum absolute atomic E-state index is 0.0708. The van der Waals surface area contributed by atoms with E-state index in [1.807, 2.05) is 41.3 Å². The first kappa shape index (κ1) is 19.1. The van der Waals surface area contributed by atoms with Gasteiger partial charge >= 0.3 is 0 Å². The van der Waals surface area contributed by atoms with Gasteiger partial charge in [0.1, 0.15) is 5.82 Å². The summed E-state index contributed by atoms with van der Waals surface area (Å²) < 4.78 is 13.2. The highest BCUT2D eigenvalue weighted by molar-refractivity contribution is 8.05. The summed E-state index contributed by atoms with van der Waals surface area (Å²) in [7, 11) is 0. The average Bonchev–Trinajstić information content (AvgIpc) is 3.00. The zero-order chi connectivity index (χ0) is 19.5. The minimum atomic E-state index is -0.270. The lowest BCUT2D eigenvalue weighted by Gasteiger charge is -2.39. The van der Waals surface area contributed by atoms with Gasteiger partial charge in [-0.05, 0) is 54.7 Å². The van der Waals surface area contributed by atoms with Crippen LogP contribution in [0.4, 0.5) is 10.1 Å². The Morgan fingerprint density at radius 2 is 1.79 bits per heavy atom. The predicted molar refractivity (Wildman–Crippen MR) is 114 cm³/mol. The molecule has 0 bridgehead atoms. The van der Waals surface area contributed by atoms with Crippen LogP contribution in [0.3, 0.4) is 0 Å². The number of benzene rings is 2. The summed E-state index contributed by atoms with van der Waals surface area (Å²) in [5, 5.41) is 3.53. The van der Waals surface area contributed by atoms with Crippen LogP contribution in [0.5, 0.6) is 0 Å². The summed E-state index contributed by atoms with van der Waals surface area (Å²) >= 11 is 1.55. The van der Waals surface area contributed by atoms with Crippen molar-refractivity contribution in [2.45, 2.75) is 44.1 Å². The third kappa shape index (κ3) is 4.09. The van der Waals surface area contributed by atoms with Crippen LogP contribution in [0.2, 0.25) is 0 Å². The predicted octanol–water partition coefficient (Wildman–Crippen LogP) is 5.72. The molecule has 2 aromatic carbocycles. The zero-order valence-corrected chi connectivity index (χ0v) is 16.8. The van der Waals surface area contributed by atoms with E-state index in [1.165, 1.54) is 25.0 Å².